The van der Waals surface area contributed by atoms with Crippen LogP contribution in [0.25, 0.3) is 0 Å². The van der Waals surface area contributed by atoms with Gasteiger partial charge in [-0.25, -0.2) is 4.68 Å². The van der Waals surface area contributed by atoms with Crippen LogP contribution in [0, 0.1) is 0 Å². The van der Waals surface area contributed by atoms with Gasteiger partial charge in [0.1, 0.15) is 4.47 Å². The number of nitrogens with zero attached hydrogens (tertiary/aromatic N) is 4. The fourth-order valence-electron chi connectivity index (χ4n) is 2.27. The number of anilines is 1. The van der Waals surface area contributed by atoms with Gasteiger partial charge in [-0.3, -0.25) is 9.69 Å². The predicted molar refractivity (Wildman–Crippen MR) is 82.3 cm³/mol. The molecule has 2 rings (SSSR count). The summed E-state index contributed by atoms with van der Waals surface area (Å²) in [4.78, 5) is 16.5. The molecular weight excluding hydrogens is 324 g/mol. The molecule has 112 valence electrons. The Labute approximate surface area is 127 Å². The highest BCUT2D eigenvalue weighted by molar-refractivity contribution is 9.10. The smallest absolute Gasteiger partial charge is 0.282 e. The molecule has 0 N–H and O–H groups in total. The zero-order chi connectivity index (χ0) is 14.5. The summed E-state index contributed by atoms with van der Waals surface area (Å²) in [5, 5.41) is 4.09. The molecule has 0 aliphatic carbocycles. The average Bonchev–Trinajstić information content (AvgIpc) is 2.46. The van der Waals surface area contributed by atoms with Crippen LogP contribution in [0.2, 0.25) is 0 Å². The molecule has 7 heteroatoms. The summed E-state index contributed by atoms with van der Waals surface area (Å²) in [7, 11) is 1.66. The third-order valence-corrected chi connectivity index (χ3v) is 4.27. The number of aryl methyl sites for hydroxylation is 1. The van der Waals surface area contributed by atoms with E-state index in [9.17, 15) is 4.79 Å². The molecule has 6 nitrogen and oxygen atoms in total. The molecule has 1 aromatic rings. The largest absolute Gasteiger partial charge is 0.380 e. The number of rotatable bonds is 5. The molecule has 1 aliphatic heterocycles. The lowest BCUT2D eigenvalue weighted by Crippen LogP contribution is -2.47. The van der Waals surface area contributed by atoms with Gasteiger partial charge in [0.15, 0.2) is 0 Å². The first-order valence-electron chi connectivity index (χ1n) is 6.90. The van der Waals surface area contributed by atoms with Gasteiger partial charge in [0.05, 0.1) is 18.5 Å². The first kappa shape index (κ1) is 15.5. The summed E-state index contributed by atoms with van der Waals surface area (Å²) in [6.45, 7) is 8.30. The minimum atomic E-state index is -0.0960. The number of piperazine rings is 1. The Kier molecular flexibility index (Phi) is 5.56. The van der Waals surface area contributed by atoms with Crippen LogP contribution < -0.4 is 10.5 Å². The number of halogens is 1. The lowest BCUT2D eigenvalue weighted by atomic mass is 10.3. The molecule has 2 heterocycles. The van der Waals surface area contributed by atoms with E-state index in [-0.39, 0.29) is 5.56 Å². The van der Waals surface area contributed by atoms with Crippen LogP contribution in [-0.4, -0.2) is 60.6 Å². The van der Waals surface area contributed by atoms with E-state index in [2.05, 4.69) is 30.8 Å². The quantitative estimate of drug-likeness (QED) is 0.736. The molecule has 0 atom stereocenters. The SMILES string of the molecule is CCOCCN1CCN(c2cnn(C)c(=O)c2Br)CC1. The zero-order valence-corrected chi connectivity index (χ0v) is 13.6. The second kappa shape index (κ2) is 7.19. The summed E-state index contributed by atoms with van der Waals surface area (Å²) in [5.74, 6) is 0. The maximum atomic E-state index is 11.9. The molecule has 0 saturated carbocycles. The van der Waals surface area contributed by atoms with Gasteiger partial charge in [0, 0.05) is 46.4 Å². The van der Waals surface area contributed by atoms with E-state index < -0.39 is 0 Å². The summed E-state index contributed by atoms with van der Waals surface area (Å²) in [6.07, 6.45) is 1.75. The Bertz CT molecular complexity index is 498. The van der Waals surface area contributed by atoms with E-state index in [1.807, 2.05) is 6.92 Å². The van der Waals surface area contributed by atoms with Crippen molar-refractivity contribution in [2.45, 2.75) is 6.92 Å². The number of hydrogen-bond acceptors (Lipinski definition) is 5. The topological polar surface area (TPSA) is 50.6 Å². The van der Waals surface area contributed by atoms with E-state index in [0.29, 0.717) is 4.47 Å². The van der Waals surface area contributed by atoms with Gasteiger partial charge >= 0.3 is 0 Å². The Morgan fingerprint density at radius 1 is 1.35 bits per heavy atom. The van der Waals surface area contributed by atoms with Crippen LogP contribution >= 0.6 is 15.9 Å². The number of aromatic nitrogens is 2. The minimum Gasteiger partial charge on any atom is -0.380 e. The van der Waals surface area contributed by atoms with E-state index in [0.717, 1.165) is 51.6 Å². The van der Waals surface area contributed by atoms with Gasteiger partial charge in [-0.1, -0.05) is 0 Å². The molecule has 1 aromatic heterocycles. The molecular formula is C13H21BrN4O2. The lowest BCUT2D eigenvalue weighted by molar-refractivity contribution is 0.111. The van der Waals surface area contributed by atoms with Crippen molar-refractivity contribution >= 4 is 21.6 Å². The second-order valence-electron chi connectivity index (χ2n) is 4.80. The van der Waals surface area contributed by atoms with Crippen LogP contribution in [0.5, 0.6) is 0 Å². The lowest BCUT2D eigenvalue weighted by Gasteiger charge is -2.36. The fraction of sp³-hybridized carbons (Fsp3) is 0.692. The van der Waals surface area contributed by atoms with Gasteiger partial charge in [0.25, 0.3) is 5.56 Å². The number of hydrogen-bond donors (Lipinski definition) is 0. The van der Waals surface area contributed by atoms with Crippen LogP contribution in [0.4, 0.5) is 5.69 Å². The van der Waals surface area contributed by atoms with Crippen LogP contribution in [0.1, 0.15) is 6.92 Å². The highest BCUT2D eigenvalue weighted by Crippen LogP contribution is 2.22. The molecule has 0 amide bonds. The van der Waals surface area contributed by atoms with Crippen molar-refractivity contribution in [1.82, 2.24) is 14.7 Å². The highest BCUT2D eigenvalue weighted by atomic mass is 79.9. The Morgan fingerprint density at radius 2 is 2.05 bits per heavy atom. The molecule has 1 fully saturated rings. The molecule has 0 aromatic carbocycles. The van der Waals surface area contributed by atoms with Crippen molar-refractivity contribution in [3.05, 3.63) is 21.0 Å². The summed E-state index contributed by atoms with van der Waals surface area (Å²) in [6, 6.07) is 0. The van der Waals surface area contributed by atoms with Gasteiger partial charge in [-0.05, 0) is 22.9 Å². The van der Waals surface area contributed by atoms with Crippen molar-refractivity contribution in [3.63, 3.8) is 0 Å². The van der Waals surface area contributed by atoms with Crippen molar-refractivity contribution in [2.24, 2.45) is 7.05 Å². The minimum absolute atomic E-state index is 0.0960. The second-order valence-corrected chi connectivity index (χ2v) is 5.59. The number of ether oxygens (including phenoxy) is 1. The highest BCUT2D eigenvalue weighted by Gasteiger charge is 2.20. The standard InChI is InChI=1S/C13H21BrN4O2/c1-3-20-9-8-17-4-6-18(7-5-17)11-10-15-16(2)13(19)12(11)14/h10H,3-9H2,1-2H3. The van der Waals surface area contributed by atoms with E-state index >= 15 is 0 Å². The molecule has 0 bridgehead atoms. The first-order valence-corrected chi connectivity index (χ1v) is 7.69. The average molecular weight is 345 g/mol. The third kappa shape index (κ3) is 3.59. The zero-order valence-electron chi connectivity index (χ0n) is 12.0. The van der Waals surface area contributed by atoms with Crippen LogP contribution in [0.15, 0.2) is 15.5 Å². The van der Waals surface area contributed by atoms with Crippen molar-refractivity contribution in [1.29, 1.82) is 0 Å². The molecule has 0 spiro atoms. The van der Waals surface area contributed by atoms with Gasteiger partial charge in [0.2, 0.25) is 0 Å². The maximum Gasteiger partial charge on any atom is 0.282 e. The Hall–Kier alpha value is -0.920. The van der Waals surface area contributed by atoms with Gasteiger partial charge in [-0.2, -0.15) is 5.10 Å². The molecule has 0 unspecified atom stereocenters. The Balaban J connectivity index is 1.94. The monoisotopic (exact) mass is 344 g/mol. The summed E-state index contributed by atoms with van der Waals surface area (Å²) >= 11 is 3.38. The maximum absolute atomic E-state index is 11.9. The molecule has 1 saturated heterocycles. The normalized spacial score (nSPS) is 16.6. The van der Waals surface area contributed by atoms with Gasteiger partial charge in [-0.15, -0.1) is 0 Å². The third-order valence-electron chi connectivity index (χ3n) is 3.53. The van der Waals surface area contributed by atoms with Crippen molar-refractivity contribution < 1.29 is 4.74 Å². The fourth-order valence-corrected chi connectivity index (χ4v) is 2.88. The summed E-state index contributed by atoms with van der Waals surface area (Å²) < 4.78 is 7.31. The first-order chi connectivity index (χ1) is 9.63. The van der Waals surface area contributed by atoms with Crippen LogP contribution in [0.3, 0.4) is 0 Å². The van der Waals surface area contributed by atoms with Crippen molar-refractivity contribution in [3.8, 4) is 0 Å². The molecule has 1 aliphatic rings. The molecule has 0 radical (unpaired) electrons. The van der Waals surface area contributed by atoms with E-state index in [1.165, 1.54) is 4.68 Å². The van der Waals surface area contributed by atoms with E-state index in [4.69, 9.17) is 4.74 Å². The van der Waals surface area contributed by atoms with Crippen molar-refractivity contribution in [2.75, 3.05) is 50.8 Å². The predicted octanol–water partition coefficient (Wildman–Crippen LogP) is 0.701. The molecule has 20 heavy (non-hydrogen) atoms. The van der Waals surface area contributed by atoms with E-state index in [1.54, 1.807) is 13.2 Å². The van der Waals surface area contributed by atoms with Gasteiger partial charge < -0.3 is 9.64 Å². The Morgan fingerprint density at radius 3 is 2.70 bits per heavy atom. The van der Waals surface area contributed by atoms with Crippen LogP contribution in [-0.2, 0) is 11.8 Å². The summed E-state index contributed by atoms with van der Waals surface area (Å²) in [5.41, 5.74) is 0.791.